The predicted octanol–water partition coefficient (Wildman–Crippen LogP) is 3.33. The molecular formula is C25H21N3O5. The summed E-state index contributed by atoms with van der Waals surface area (Å²) in [6.45, 7) is 1.11. The summed E-state index contributed by atoms with van der Waals surface area (Å²) < 4.78 is 7.16. The van der Waals surface area contributed by atoms with Crippen molar-refractivity contribution in [3.63, 3.8) is 0 Å². The fourth-order valence-electron chi connectivity index (χ4n) is 3.80. The standard InChI is InChI=1S/C25H21N3O5/c1-15-18(12-16-8-4-2-5-9-16)28-24(22(15)26)25(33-14-20(31)32)21(19(30)13-29)23(27-28)17-10-6-3-7-11-17/h2-11,13H,12,14,26H2,1H3,(H,31,32). The summed E-state index contributed by atoms with van der Waals surface area (Å²) in [4.78, 5) is 35.5. The second-order valence-corrected chi connectivity index (χ2v) is 7.49. The van der Waals surface area contributed by atoms with Crippen molar-refractivity contribution in [2.45, 2.75) is 13.3 Å². The number of hydrogen-bond donors (Lipinski definition) is 2. The number of nitrogen functional groups attached to an aromatic ring is 1. The van der Waals surface area contributed by atoms with Crippen LogP contribution in [0.15, 0.2) is 60.7 Å². The zero-order chi connectivity index (χ0) is 23.5. The Labute approximate surface area is 189 Å². The summed E-state index contributed by atoms with van der Waals surface area (Å²) in [5.74, 6) is -2.20. The molecule has 3 N–H and O–H groups in total. The van der Waals surface area contributed by atoms with Crippen LogP contribution in [0.2, 0.25) is 0 Å². The molecule has 0 saturated carbocycles. The number of nitrogens with zero attached hydrogens (tertiary/aromatic N) is 2. The SMILES string of the molecule is Cc1c(N)c2c(OCC(=O)O)c(C(=O)C=O)c(-c3ccccc3)nn2c1Cc1ccccc1. The summed E-state index contributed by atoms with van der Waals surface area (Å²) in [6.07, 6.45) is 0.649. The molecule has 0 atom stereocenters. The normalized spacial score (nSPS) is 10.8. The number of rotatable bonds is 8. The molecule has 2 heterocycles. The number of aromatic nitrogens is 2. The van der Waals surface area contributed by atoms with E-state index in [1.807, 2.05) is 43.3 Å². The number of anilines is 1. The maximum atomic E-state index is 12.7. The van der Waals surface area contributed by atoms with Gasteiger partial charge in [0.25, 0.3) is 0 Å². The molecule has 2 aromatic carbocycles. The van der Waals surface area contributed by atoms with E-state index in [9.17, 15) is 19.5 Å². The minimum absolute atomic E-state index is 0.0803. The molecular weight excluding hydrogens is 422 g/mol. The van der Waals surface area contributed by atoms with Crippen LogP contribution in [0.1, 0.15) is 27.2 Å². The summed E-state index contributed by atoms with van der Waals surface area (Å²) in [7, 11) is 0. The van der Waals surface area contributed by atoms with E-state index in [2.05, 4.69) is 0 Å². The number of carboxylic acid groups (broad SMARTS) is 1. The molecule has 166 valence electrons. The Morgan fingerprint density at radius 2 is 1.73 bits per heavy atom. The Morgan fingerprint density at radius 3 is 2.33 bits per heavy atom. The van der Waals surface area contributed by atoms with Gasteiger partial charge in [-0.25, -0.2) is 9.31 Å². The molecule has 8 heteroatoms. The van der Waals surface area contributed by atoms with Crippen LogP contribution in [0.25, 0.3) is 16.8 Å². The fourth-order valence-corrected chi connectivity index (χ4v) is 3.80. The van der Waals surface area contributed by atoms with Crippen molar-refractivity contribution in [1.29, 1.82) is 0 Å². The summed E-state index contributed by atoms with van der Waals surface area (Å²) >= 11 is 0. The van der Waals surface area contributed by atoms with E-state index in [0.29, 0.717) is 17.7 Å². The fraction of sp³-hybridized carbons (Fsp3) is 0.120. The van der Waals surface area contributed by atoms with E-state index in [1.165, 1.54) is 0 Å². The first kappa shape index (κ1) is 21.8. The maximum Gasteiger partial charge on any atom is 0.341 e. The largest absolute Gasteiger partial charge is 0.479 e. The highest BCUT2D eigenvalue weighted by molar-refractivity contribution is 6.36. The third-order valence-electron chi connectivity index (χ3n) is 5.39. The topological polar surface area (TPSA) is 124 Å². The van der Waals surface area contributed by atoms with Crippen molar-refractivity contribution in [2.75, 3.05) is 12.3 Å². The van der Waals surface area contributed by atoms with Crippen LogP contribution in [0.3, 0.4) is 0 Å². The first-order valence-electron chi connectivity index (χ1n) is 10.2. The van der Waals surface area contributed by atoms with Gasteiger partial charge in [0.15, 0.2) is 18.6 Å². The zero-order valence-electron chi connectivity index (χ0n) is 17.8. The Kier molecular flexibility index (Phi) is 5.91. The van der Waals surface area contributed by atoms with Gasteiger partial charge < -0.3 is 15.6 Å². The second kappa shape index (κ2) is 8.96. The molecule has 8 nitrogen and oxygen atoms in total. The summed E-state index contributed by atoms with van der Waals surface area (Å²) in [5.41, 5.74) is 10.1. The lowest BCUT2D eigenvalue weighted by Crippen LogP contribution is -2.16. The van der Waals surface area contributed by atoms with Gasteiger partial charge in [-0.05, 0) is 18.1 Å². The van der Waals surface area contributed by atoms with Crippen molar-refractivity contribution in [2.24, 2.45) is 0 Å². The van der Waals surface area contributed by atoms with Gasteiger partial charge >= 0.3 is 5.97 Å². The number of ether oxygens (including phenoxy) is 1. The van der Waals surface area contributed by atoms with Crippen LogP contribution in [0, 0.1) is 6.92 Å². The molecule has 0 spiro atoms. The van der Waals surface area contributed by atoms with Gasteiger partial charge in [0.2, 0.25) is 5.78 Å². The van der Waals surface area contributed by atoms with Crippen molar-refractivity contribution in [3.05, 3.63) is 83.0 Å². The van der Waals surface area contributed by atoms with Gasteiger partial charge in [0.1, 0.15) is 11.2 Å². The van der Waals surface area contributed by atoms with Crippen LogP contribution in [0.5, 0.6) is 5.75 Å². The molecule has 0 radical (unpaired) electrons. The second-order valence-electron chi connectivity index (χ2n) is 7.49. The quantitative estimate of drug-likeness (QED) is 0.243. The molecule has 33 heavy (non-hydrogen) atoms. The highest BCUT2D eigenvalue weighted by Gasteiger charge is 2.28. The number of aliphatic carboxylic acids is 1. The molecule has 0 aliphatic carbocycles. The average molecular weight is 443 g/mol. The summed E-state index contributed by atoms with van der Waals surface area (Å²) in [5, 5.41) is 13.9. The Morgan fingerprint density at radius 1 is 1.09 bits per heavy atom. The number of carbonyl (C=O) groups excluding carboxylic acids is 2. The van der Waals surface area contributed by atoms with Gasteiger partial charge in [-0.15, -0.1) is 0 Å². The third-order valence-corrected chi connectivity index (χ3v) is 5.39. The molecule has 0 aliphatic heterocycles. The molecule has 0 fully saturated rings. The minimum Gasteiger partial charge on any atom is -0.479 e. The molecule has 4 rings (SSSR count). The monoisotopic (exact) mass is 443 g/mol. The van der Waals surface area contributed by atoms with E-state index >= 15 is 0 Å². The molecule has 0 aliphatic rings. The van der Waals surface area contributed by atoms with Gasteiger partial charge in [-0.2, -0.15) is 5.10 Å². The van der Waals surface area contributed by atoms with E-state index in [1.54, 1.807) is 28.8 Å². The lowest BCUT2D eigenvalue weighted by atomic mass is 10.0. The van der Waals surface area contributed by atoms with Gasteiger partial charge in [0, 0.05) is 12.0 Å². The molecule has 0 amide bonds. The van der Waals surface area contributed by atoms with E-state index in [4.69, 9.17) is 15.6 Å². The number of carbonyl (C=O) groups is 3. The van der Waals surface area contributed by atoms with Crippen molar-refractivity contribution < 1.29 is 24.2 Å². The molecule has 0 unspecified atom stereocenters. The Balaban J connectivity index is 2.08. The van der Waals surface area contributed by atoms with Gasteiger partial charge in [-0.3, -0.25) is 9.59 Å². The van der Waals surface area contributed by atoms with Gasteiger partial charge in [0.05, 0.1) is 16.9 Å². The number of carboxylic acids is 1. The van der Waals surface area contributed by atoms with Crippen LogP contribution in [-0.4, -0.2) is 39.4 Å². The number of benzene rings is 2. The summed E-state index contributed by atoms with van der Waals surface area (Å²) in [6, 6.07) is 18.6. The molecule has 2 aromatic heterocycles. The first-order valence-corrected chi connectivity index (χ1v) is 10.2. The number of hydrogen-bond acceptors (Lipinski definition) is 6. The Hall–Kier alpha value is -4.46. The number of nitrogens with two attached hydrogens (primary N) is 1. The number of aldehydes is 1. The molecule has 0 saturated heterocycles. The van der Waals surface area contributed by atoms with Crippen molar-refractivity contribution >= 4 is 29.2 Å². The lowest BCUT2D eigenvalue weighted by molar-refractivity contribution is -0.139. The van der Waals surface area contributed by atoms with Crippen molar-refractivity contribution in [1.82, 2.24) is 9.61 Å². The number of Topliss-reactive ketones (excluding diaryl/α,β-unsaturated/α-hetero) is 1. The maximum absolute atomic E-state index is 12.7. The average Bonchev–Trinajstić information content (AvgIpc) is 3.07. The number of fused-ring (bicyclic) bond motifs is 1. The molecule has 4 aromatic rings. The van der Waals surface area contributed by atoms with Crippen LogP contribution < -0.4 is 10.5 Å². The van der Waals surface area contributed by atoms with Crippen LogP contribution >= 0.6 is 0 Å². The zero-order valence-corrected chi connectivity index (χ0v) is 17.8. The van der Waals surface area contributed by atoms with Crippen LogP contribution in [-0.2, 0) is 16.0 Å². The Bertz CT molecular complexity index is 1360. The van der Waals surface area contributed by atoms with Crippen LogP contribution in [0.4, 0.5) is 5.69 Å². The third kappa shape index (κ3) is 4.06. The van der Waals surface area contributed by atoms with E-state index in [-0.39, 0.29) is 28.8 Å². The smallest absolute Gasteiger partial charge is 0.341 e. The first-order chi connectivity index (χ1) is 15.9. The highest BCUT2D eigenvalue weighted by atomic mass is 16.5. The van der Waals surface area contributed by atoms with E-state index in [0.717, 1.165) is 16.8 Å². The number of ketones is 1. The predicted molar refractivity (Wildman–Crippen MR) is 123 cm³/mol. The lowest BCUT2D eigenvalue weighted by Gasteiger charge is -2.15. The van der Waals surface area contributed by atoms with E-state index < -0.39 is 18.4 Å². The van der Waals surface area contributed by atoms with Crippen molar-refractivity contribution in [3.8, 4) is 17.0 Å². The highest BCUT2D eigenvalue weighted by Crippen LogP contribution is 2.39. The minimum atomic E-state index is -1.23. The van der Waals surface area contributed by atoms with Gasteiger partial charge in [-0.1, -0.05) is 60.7 Å². The molecule has 0 bridgehead atoms.